The van der Waals surface area contributed by atoms with Crippen LogP contribution >= 0.6 is 0 Å². The highest BCUT2D eigenvalue weighted by molar-refractivity contribution is 6.04. The van der Waals surface area contributed by atoms with Crippen molar-refractivity contribution in [3.8, 4) is 22.4 Å². The fourth-order valence-corrected chi connectivity index (χ4v) is 4.38. The van der Waals surface area contributed by atoms with E-state index in [1.165, 1.54) is 0 Å². The summed E-state index contributed by atoms with van der Waals surface area (Å²) in [6.45, 7) is 1.34. The van der Waals surface area contributed by atoms with E-state index >= 15 is 0 Å². The normalized spacial score (nSPS) is 14.8. The molecule has 0 unspecified atom stereocenters. The van der Waals surface area contributed by atoms with Gasteiger partial charge in [0, 0.05) is 56.0 Å². The molecule has 0 aromatic carbocycles. The fourth-order valence-electron chi connectivity index (χ4n) is 4.38. The molecule has 0 aliphatic carbocycles. The van der Waals surface area contributed by atoms with Crippen LogP contribution in [0, 0.1) is 0 Å². The summed E-state index contributed by atoms with van der Waals surface area (Å²) in [6, 6.07) is 4.08. The Morgan fingerprint density at radius 3 is 2.88 bits per heavy atom. The maximum absolute atomic E-state index is 13.0. The summed E-state index contributed by atoms with van der Waals surface area (Å²) in [4.78, 5) is 25.2. The Labute approximate surface area is 188 Å². The summed E-state index contributed by atoms with van der Waals surface area (Å²) in [6.07, 6.45) is 12.3. The van der Waals surface area contributed by atoms with Crippen LogP contribution in [0.5, 0.6) is 0 Å². The maximum Gasteiger partial charge on any atom is 0.255 e. The highest BCUT2D eigenvalue weighted by Gasteiger charge is 2.21. The lowest BCUT2D eigenvalue weighted by molar-refractivity contribution is 0.0697. The zero-order valence-electron chi connectivity index (χ0n) is 18.0. The molecule has 5 aromatic rings. The van der Waals surface area contributed by atoms with Crippen molar-refractivity contribution in [3.63, 3.8) is 0 Å². The molecule has 10 nitrogen and oxygen atoms in total. The summed E-state index contributed by atoms with van der Waals surface area (Å²) in [5, 5.41) is 12.7. The van der Waals surface area contributed by atoms with E-state index in [4.69, 9.17) is 4.74 Å². The van der Waals surface area contributed by atoms with E-state index in [1.807, 2.05) is 37.8 Å². The predicted molar refractivity (Wildman–Crippen MR) is 122 cm³/mol. The van der Waals surface area contributed by atoms with Gasteiger partial charge in [-0.15, -0.1) is 0 Å². The Morgan fingerprint density at radius 2 is 2.06 bits per heavy atom. The van der Waals surface area contributed by atoms with E-state index in [0.29, 0.717) is 18.8 Å². The van der Waals surface area contributed by atoms with Crippen LogP contribution in [0.15, 0.2) is 49.4 Å². The molecule has 0 radical (unpaired) electrons. The van der Waals surface area contributed by atoms with Gasteiger partial charge >= 0.3 is 0 Å². The van der Waals surface area contributed by atoms with Gasteiger partial charge in [-0.25, -0.2) is 14.5 Å². The molecule has 33 heavy (non-hydrogen) atoms. The number of carbonyl (C=O) groups excluding carboxylic acids is 1. The third-order valence-electron chi connectivity index (χ3n) is 6.08. The number of amides is 1. The van der Waals surface area contributed by atoms with Crippen molar-refractivity contribution in [2.45, 2.75) is 18.9 Å². The number of aryl methyl sites for hydroxylation is 1. The summed E-state index contributed by atoms with van der Waals surface area (Å²) < 4.78 is 8.86. The topological polar surface area (TPSA) is 115 Å². The lowest BCUT2D eigenvalue weighted by atomic mass is 10.0. The molecule has 166 valence electrons. The molecular weight excluding hydrogens is 420 g/mol. The lowest BCUT2D eigenvalue weighted by Crippen LogP contribution is -2.38. The van der Waals surface area contributed by atoms with E-state index in [-0.39, 0.29) is 11.9 Å². The van der Waals surface area contributed by atoms with Crippen molar-refractivity contribution in [2.24, 2.45) is 7.05 Å². The SMILES string of the molecule is Cn1cc(-c2ncnc3[nH]cc(-c4ccn5ncc(C(=O)NC6CCOCC6)c5c4)c23)cn1. The highest BCUT2D eigenvalue weighted by Crippen LogP contribution is 2.34. The minimum atomic E-state index is -0.118. The molecule has 0 spiro atoms. The molecule has 2 N–H and O–H groups in total. The highest BCUT2D eigenvalue weighted by atomic mass is 16.5. The van der Waals surface area contributed by atoms with Crippen molar-refractivity contribution in [1.82, 2.24) is 39.7 Å². The lowest BCUT2D eigenvalue weighted by Gasteiger charge is -2.22. The Bertz CT molecular complexity index is 1470. The van der Waals surface area contributed by atoms with Gasteiger partial charge in [-0.05, 0) is 30.5 Å². The number of ether oxygens (including phenoxy) is 1. The van der Waals surface area contributed by atoms with Crippen LogP contribution in [0.3, 0.4) is 0 Å². The minimum absolute atomic E-state index is 0.118. The van der Waals surface area contributed by atoms with Gasteiger partial charge in [0.05, 0.1) is 34.6 Å². The number of nitrogens with zero attached hydrogens (tertiary/aromatic N) is 6. The number of nitrogens with one attached hydrogen (secondary N) is 2. The number of fused-ring (bicyclic) bond motifs is 2. The first-order valence-electron chi connectivity index (χ1n) is 10.8. The molecule has 6 heterocycles. The number of aromatic amines is 1. The van der Waals surface area contributed by atoms with Crippen LogP contribution in [0.2, 0.25) is 0 Å². The molecule has 1 amide bonds. The molecule has 1 fully saturated rings. The van der Waals surface area contributed by atoms with Crippen molar-refractivity contribution in [1.29, 1.82) is 0 Å². The number of hydrogen-bond donors (Lipinski definition) is 2. The fraction of sp³-hybridized carbons (Fsp3) is 0.261. The number of pyridine rings is 1. The number of rotatable bonds is 4. The van der Waals surface area contributed by atoms with Gasteiger partial charge in [-0.2, -0.15) is 10.2 Å². The van der Waals surface area contributed by atoms with Gasteiger partial charge in [0.25, 0.3) is 5.91 Å². The molecule has 0 saturated carbocycles. The van der Waals surface area contributed by atoms with Crippen LogP contribution in [0.4, 0.5) is 0 Å². The van der Waals surface area contributed by atoms with Crippen molar-refractivity contribution in [2.75, 3.05) is 13.2 Å². The van der Waals surface area contributed by atoms with Gasteiger partial charge in [0.15, 0.2) is 0 Å². The quantitative estimate of drug-likeness (QED) is 0.442. The zero-order chi connectivity index (χ0) is 22.4. The molecule has 1 saturated heterocycles. The molecule has 0 atom stereocenters. The van der Waals surface area contributed by atoms with Crippen molar-refractivity contribution >= 4 is 22.5 Å². The van der Waals surface area contributed by atoms with E-state index < -0.39 is 0 Å². The summed E-state index contributed by atoms with van der Waals surface area (Å²) in [5.41, 5.74) is 5.63. The molecule has 6 rings (SSSR count). The molecule has 5 aromatic heterocycles. The third-order valence-corrected chi connectivity index (χ3v) is 6.08. The van der Waals surface area contributed by atoms with E-state index in [0.717, 1.165) is 51.8 Å². The first-order valence-corrected chi connectivity index (χ1v) is 10.8. The second-order valence-electron chi connectivity index (χ2n) is 8.21. The predicted octanol–water partition coefficient (Wildman–Crippen LogP) is 2.58. The Hall–Kier alpha value is -4.05. The van der Waals surface area contributed by atoms with Crippen LogP contribution in [-0.4, -0.2) is 59.5 Å². The largest absolute Gasteiger partial charge is 0.381 e. The van der Waals surface area contributed by atoms with Gasteiger partial charge < -0.3 is 15.0 Å². The summed E-state index contributed by atoms with van der Waals surface area (Å²) >= 11 is 0. The molecule has 0 bridgehead atoms. The van der Waals surface area contributed by atoms with Crippen molar-refractivity contribution < 1.29 is 9.53 Å². The standard InChI is InChI=1S/C23H22N8O2/c1-30-12-15(9-27-30)21-20-17(10-24-22(20)26-13-25-21)14-2-5-31-19(8-14)18(11-28-31)23(32)29-16-3-6-33-7-4-16/h2,5,8-13,16H,3-4,6-7H2,1H3,(H,29,32)(H,24,25,26). The van der Waals surface area contributed by atoms with Gasteiger partial charge in [-0.3, -0.25) is 9.48 Å². The molecule has 10 heteroatoms. The third kappa shape index (κ3) is 3.44. The smallest absolute Gasteiger partial charge is 0.255 e. The van der Waals surface area contributed by atoms with E-state index in [2.05, 4.69) is 30.5 Å². The average molecular weight is 442 g/mol. The Morgan fingerprint density at radius 1 is 1.18 bits per heavy atom. The summed E-state index contributed by atoms with van der Waals surface area (Å²) in [7, 11) is 1.88. The van der Waals surface area contributed by atoms with Crippen molar-refractivity contribution in [3.05, 3.63) is 55.0 Å². The molecule has 1 aliphatic heterocycles. The average Bonchev–Trinajstić information content (AvgIpc) is 3.57. The van der Waals surface area contributed by atoms with E-state index in [1.54, 1.807) is 27.9 Å². The second-order valence-corrected chi connectivity index (χ2v) is 8.21. The van der Waals surface area contributed by atoms with E-state index in [9.17, 15) is 4.79 Å². The van der Waals surface area contributed by atoms with Gasteiger partial charge in [0.2, 0.25) is 0 Å². The number of hydrogen-bond acceptors (Lipinski definition) is 6. The number of aromatic nitrogens is 7. The first kappa shape index (κ1) is 19.6. The summed E-state index contributed by atoms with van der Waals surface area (Å²) in [5.74, 6) is -0.118. The molecular formula is C23H22N8O2. The van der Waals surface area contributed by atoms with Crippen LogP contribution in [0.25, 0.3) is 38.9 Å². The maximum atomic E-state index is 13.0. The minimum Gasteiger partial charge on any atom is -0.381 e. The van der Waals surface area contributed by atoms with Crippen LogP contribution in [0.1, 0.15) is 23.2 Å². The van der Waals surface area contributed by atoms with Crippen LogP contribution < -0.4 is 5.32 Å². The van der Waals surface area contributed by atoms with Crippen LogP contribution in [-0.2, 0) is 11.8 Å². The van der Waals surface area contributed by atoms with Gasteiger partial charge in [-0.1, -0.05) is 0 Å². The zero-order valence-corrected chi connectivity index (χ0v) is 18.0. The second kappa shape index (κ2) is 7.82. The Kier molecular flexibility index (Phi) is 4.65. The van der Waals surface area contributed by atoms with Gasteiger partial charge in [0.1, 0.15) is 12.0 Å². The molecule has 1 aliphatic rings. The number of carbonyl (C=O) groups is 1. The Balaban J connectivity index is 1.42. The monoisotopic (exact) mass is 442 g/mol. The number of H-pyrrole nitrogens is 1. The first-order chi connectivity index (χ1) is 16.2.